The molecule has 0 spiro atoms. The molecule has 6 heteroatoms. The van der Waals surface area contributed by atoms with E-state index in [4.69, 9.17) is 4.74 Å². The Morgan fingerprint density at radius 3 is 2.21 bits per heavy atom. The van der Waals surface area contributed by atoms with Crippen LogP contribution in [0.2, 0.25) is 0 Å². The van der Waals surface area contributed by atoms with Crippen LogP contribution in [0.5, 0.6) is 5.75 Å². The van der Waals surface area contributed by atoms with Gasteiger partial charge in [0, 0.05) is 6.20 Å². The number of hydrogen-bond donors (Lipinski definition) is 0. The Morgan fingerprint density at radius 2 is 1.50 bits per heavy atom. The molecule has 2 aromatic heterocycles. The van der Waals surface area contributed by atoms with Crippen molar-refractivity contribution >= 4 is 11.0 Å². The lowest BCUT2D eigenvalue weighted by Gasteiger charge is -2.14. The van der Waals surface area contributed by atoms with Crippen molar-refractivity contribution in [2.75, 3.05) is 7.11 Å². The fraction of sp³-hybridized carbons (Fsp3) is 0.136. The first-order valence-electron chi connectivity index (χ1n) is 8.92. The highest BCUT2D eigenvalue weighted by molar-refractivity contribution is 5.73. The predicted molar refractivity (Wildman–Crippen MR) is 108 cm³/mol. The van der Waals surface area contributed by atoms with Crippen molar-refractivity contribution < 1.29 is 4.74 Å². The SMILES string of the molecule is COc1ccc(Cn2c(=O)c3ncccc3n(Cc3ccccc3)c2=O)cc1. The third-order valence-corrected chi connectivity index (χ3v) is 4.67. The van der Waals surface area contributed by atoms with Crippen LogP contribution in [0.15, 0.2) is 82.5 Å². The van der Waals surface area contributed by atoms with Crippen molar-refractivity contribution in [3.05, 3.63) is 105 Å². The Morgan fingerprint density at radius 1 is 0.821 bits per heavy atom. The molecule has 0 aliphatic heterocycles. The van der Waals surface area contributed by atoms with E-state index in [0.717, 1.165) is 16.9 Å². The van der Waals surface area contributed by atoms with Gasteiger partial charge in [0.15, 0.2) is 5.52 Å². The van der Waals surface area contributed by atoms with E-state index in [1.165, 1.54) is 4.57 Å². The van der Waals surface area contributed by atoms with Gasteiger partial charge in [0.2, 0.25) is 0 Å². The van der Waals surface area contributed by atoms with Gasteiger partial charge >= 0.3 is 5.69 Å². The molecule has 0 N–H and O–H groups in total. The van der Waals surface area contributed by atoms with Crippen LogP contribution in [-0.2, 0) is 13.1 Å². The standard InChI is InChI=1S/C22H19N3O3/c1-28-18-11-9-17(10-12-18)15-25-21(26)20-19(8-5-13-23-20)24(22(25)27)14-16-6-3-2-4-7-16/h2-13H,14-15H2,1H3. The Labute approximate surface area is 161 Å². The first kappa shape index (κ1) is 17.7. The van der Waals surface area contributed by atoms with Gasteiger partial charge in [-0.2, -0.15) is 0 Å². The molecule has 4 aromatic rings. The normalized spacial score (nSPS) is 10.9. The number of aromatic nitrogens is 3. The Kier molecular flexibility index (Phi) is 4.76. The molecule has 0 amide bonds. The maximum atomic E-state index is 13.2. The van der Waals surface area contributed by atoms with E-state index >= 15 is 0 Å². The lowest BCUT2D eigenvalue weighted by Crippen LogP contribution is -2.40. The summed E-state index contributed by atoms with van der Waals surface area (Å²) in [4.78, 5) is 30.4. The van der Waals surface area contributed by atoms with Crippen molar-refractivity contribution in [2.24, 2.45) is 0 Å². The second kappa shape index (κ2) is 7.52. The molecule has 0 atom stereocenters. The zero-order valence-electron chi connectivity index (χ0n) is 15.4. The zero-order chi connectivity index (χ0) is 19.5. The van der Waals surface area contributed by atoms with Gasteiger partial charge in [0.1, 0.15) is 5.75 Å². The Balaban J connectivity index is 1.86. The summed E-state index contributed by atoms with van der Waals surface area (Å²) >= 11 is 0. The molecule has 4 rings (SSSR count). The monoisotopic (exact) mass is 373 g/mol. The van der Waals surface area contributed by atoms with Crippen molar-refractivity contribution in [1.82, 2.24) is 14.1 Å². The molecule has 0 saturated heterocycles. The quantitative estimate of drug-likeness (QED) is 0.539. The highest BCUT2D eigenvalue weighted by Gasteiger charge is 2.14. The molecule has 0 saturated carbocycles. The van der Waals surface area contributed by atoms with Crippen molar-refractivity contribution in [3.8, 4) is 5.75 Å². The average Bonchev–Trinajstić information content (AvgIpc) is 2.75. The van der Waals surface area contributed by atoms with E-state index in [9.17, 15) is 9.59 Å². The van der Waals surface area contributed by atoms with Gasteiger partial charge in [-0.3, -0.25) is 13.9 Å². The molecule has 2 heterocycles. The summed E-state index contributed by atoms with van der Waals surface area (Å²) in [7, 11) is 1.59. The highest BCUT2D eigenvalue weighted by Crippen LogP contribution is 2.12. The molecule has 0 unspecified atom stereocenters. The molecular formula is C22H19N3O3. The summed E-state index contributed by atoms with van der Waals surface area (Å²) in [5.74, 6) is 0.720. The number of methoxy groups -OCH3 is 1. The smallest absolute Gasteiger partial charge is 0.332 e. The number of rotatable bonds is 5. The minimum absolute atomic E-state index is 0.170. The first-order valence-corrected chi connectivity index (χ1v) is 8.92. The topological polar surface area (TPSA) is 66.1 Å². The molecule has 0 fully saturated rings. The van der Waals surface area contributed by atoms with E-state index in [2.05, 4.69) is 4.98 Å². The van der Waals surface area contributed by atoms with Gasteiger partial charge < -0.3 is 4.74 Å². The van der Waals surface area contributed by atoms with E-state index in [0.29, 0.717) is 12.1 Å². The summed E-state index contributed by atoms with van der Waals surface area (Å²) in [6.07, 6.45) is 1.57. The first-order chi connectivity index (χ1) is 13.7. The van der Waals surface area contributed by atoms with Crippen LogP contribution in [0.25, 0.3) is 11.0 Å². The number of pyridine rings is 1. The maximum Gasteiger partial charge on any atom is 0.332 e. The molecular weight excluding hydrogens is 354 g/mol. The molecule has 6 nitrogen and oxygen atoms in total. The second-order valence-corrected chi connectivity index (χ2v) is 6.46. The third-order valence-electron chi connectivity index (χ3n) is 4.67. The van der Waals surface area contributed by atoms with Crippen molar-refractivity contribution in [3.63, 3.8) is 0 Å². The molecule has 0 radical (unpaired) electrons. The molecule has 28 heavy (non-hydrogen) atoms. The second-order valence-electron chi connectivity index (χ2n) is 6.46. The Hall–Kier alpha value is -3.67. The highest BCUT2D eigenvalue weighted by atomic mass is 16.5. The van der Waals surface area contributed by atoms with Crippen LogP contribution < -0.4 is 16.0 Å². The predicted octanol–water partition coefficient (Wildman–Crippen LogP) is 2.66. The summed E-state index contributed by atoms with van der Waals surface area (Å²) in [6.45, 7) is 0.535. The van der Waals surface area contributed by atoms with Crippen LogP contribution in [0.4, 0.5) is 0 Å². The van der Waals surface area contributed by atoms with Gasteiger partial charge in [-0.15, -0.1) is 0 Å². The number of hydrogen-bond acceptors (Lipinski definition) is 4. The molecule has 2 aromatic carbocycles. The minimum atomic E-state index is -0.388. The minimum Gasteiger partial charge on any atom is -0.497 e. The van der Waals surface area contributed by atoms with E-state index in [1.807, 2.05) is 54.6 Å². The summed E-state index contributed by atoms with van der Waals surface area (Å²) in [5, 5.41) is 0. The summed E-state index contributed by atoms with van der Waals surface area (Å²) in [6, 6.07) is 20.5. The van der Waals surface area contributed by atoms with E-state index < -0.39 is 0 Å². The molecule has 0 bridgehead atoms. The van der Waals surface area contributed by atoms with Gasteiger partial charge in [0.25, 0.3) is 5.56 Å². The number of benzene rings is 2. The van der Waals surface area contributed by atoms with Crippen LogP contribution in [0.3, 0.4) is 0 Å². The van der Waals surface area contributed by atoms with Crippen LogP contribution in [0.1, 0.15) is 11.1 Å². The fourth-order valence-electron chi connectivity index (χ4n) is 3.21. The molecule has 0 aliphatic rings. The van der Waals surface area contributed by atoms with Crippen LogP contribution >= 0.6 is 0 Å². The van der Waals surface area contributed by atoms with Crippen molar-refractivity contribution in [2.45, 2.75) is 13.1 Å². The third kappa shape index (κ3) is 3.32. The zero-order valence-corrected chi connectivity index (χ0v) is 15.4. The van der Waals surface area contributed by atoms with E-state index in [1.54, 1.807) is 30.0 Å². The van der Waals surface area contributed by atoms with Crippen LogP contribution in [0, 0.1) is 0 Å². The number of ether oxygens (including phenoxy) is 1. The van der Waals surface area contributed by atoms with Crippen molar-refractivity contribution in [1.29, 1.82) is 0 Å². The average molecular weight is 373 g/mol. The lowest BCUT2D eigenvalue weighted by molar-refractivity contribution is 0.414. The van der Waals surface area contributed by atoms with Gasteiger partial charge in [-0.1, -0.05) is 42.5 Å². The maximum absolute atomic E-state index is 13.2. The summed E-state index contributed by atoms with van der Waals surface area (Å²) < 4.78 is 8.00. The van der Waals surface area contributed by atoms with E-state index in [-0.39, 0.29) is 23.3 Å². The Bertz CT molecular complexity index is 1230. The molecule has 0 aliphatic carbocycles. The lowest BCUT2D eigenvalue weighted by atomic mass is 10.2. The largest absolute Gasteiger partial charge is 0.497 e. The number of nitrogens with zero attached hydrogens (tertiary/aromatic N) is 3. The van der Waals surface area contributed by atoms with Gasteiger partial charge in [0.05, 0.1) is 25.7 Å². The van der Waals surface area contributed by atoms with Gasteiger partial charge in [-0.25, -0.2) is 9.78 Å². The fourth-order valence-corrected chi connectivity index (χ4v) is 3.21. The summed E-state index contributed by atoms with van der Waals surface area (Å²) in [5.41, 5.74) is 1.88. The van der Waals surface area contributed by atoms with Gasteiger partial charge in [-0.05, 0) is 35.4 Å². The van der Waals surface area contributed by atoms with Crippen LogP contribution in [-0.4, -0.2) is 21.2 Å². The molecule has 140 valence electrons. The number of fused-ring (bicyclic) bond motifs is 1.